The molecule has 1 aromatic rings. The number of hydrogen-bond acceptors (Lipinski definition) is 3. The average molecular weight is 181 g/mol. The monoisotopic (exact) mass is 181 g/mol. The van der Waals surface area contributed by atoms with Gasteiger partial charge in [0.2, 0.25) is 0 Å². The molecule has 13 heavy (non-hydrogen) atoms. The van der Waals surface area contributed by atoms with E-state index < -0.39 is 5.54 Å². The second kappa shape index (κ2) is 2.82. The lowest BCUT2D eigenvalue weighted by Crippen LogP contribution is -2.49. The molecule has 0 spiro atoms. The van der Waals surface area contributed by atoms with Gasteiger partial charge in [-0.15, -0.1) is 0 Å². The molecule has 0 aromatic carbocycles. The summed E-state index contributed by atoms with van der Waals surface area (Å²) >= 11 is 0. The lowest BCUT2D eigenvalue weighted by molar-refractivity contribution is 0.129. The lowest BCUT2D eigenvalue weighted by Gasteiger charge is -2.37. The van der Waals surface area contributed by atoms with Gasteiger partial charge in [0.15, 0.2) is 0 Å². The molecule has 0 radical (unpaired) electrons. The van der Waals surface area contributed by atoms with Crippen molar-refractivity contribution >= 4 is 0 Å². The zero-order valence-electron chi connectivity index (χ0n) is 7.75. The van der Waals surface area contributed by atoms with Gasteiger partial charge in [0.1, 0.15) is 0 Å². The number of aromatic amines is 1. The molecule has 0 saturated carbocycles. The number of rotatable bonds is 1. The number of fused-ring (bicyclic) bond motifs is 1. The Morgan fingerprint density at radius 2 is 2.62 bits per heavy atom. The molecule has 4 heteroatoms. The van der Waals surface area contributed by atoms with Crippen molar-refractivity contribution in [1.82, 2.24) is 10.2 Å². The Labute approximate surface area is 77.1 Å². The molecule has 2 unspecified atom stereocenters. The topological polar surface area (TPSA) is 74.9 Å². The van der Waals surface area contributed by atoms with E-state index in [1.807, 2.05) is 0 Å². The SMILES string of the molecule is CC1CCc2cn[nH]c2C1(N)CO. The van der Waals surface area contributed by atoms with E-state index in [9.17, 15) is 5.11 Å². The normalized spacial score (nSPS) is 33.0. The van der Waals surface area contributed by atoms with Gasteiger partial charge in [-0.1, -0.05) is 6.92 Å². The van der Waals surface area contributed by atoms with Crippen LogP contribution in [0.1, 0.15) is 24.6 Å². The number of nitrogens with zero attached hydrogens (tertiary/aromatic N) is 1. The van der Waals surface area contributed by atoms with E-state index in [2.05, 4.69) is 17.1 Å². The summed E-state index contributed by atoms with van der Waals surface area (Å²) in [6.07, 6.45) is 3.83. The quantitative estimate of drug-likeness (QED) is 0.577. The minimum atomic E-state index is -0.621. The molecule has 1 aromatic heterocycles. The molecule has 0 fully saturated rings. The van der Waals surface area contributed by atoms with Gasteiger partial charge in [0.05, 0.1) is 24.0 Å². The smallest absolute Gasteiger partial charge is 0.0840 e. The molecule has 2 atom stereocenters. The van der Waals surface area contributed by atoms with Crippen LogP contribution in [0.4, 0.5) is 0 Å². The number of hydrogen-bond donors (Lipinski definition) is 3. The van der Waals surface area contributed by atoms with Crippen LogP contribution in [-0.4, -0.2) is 21.9 Å². The summed E-state index contributed by atoms with van der Waals surface area (Å²) in [5.41, 5.74) is 7.57. The third-order valence-electron chi connectivity index (χ3n) is 3.17. The fourth-order valence-electron chi connectivity index (χ4n) is 2.01. The van der Waals surface area contributed by atoms with Crippen molar-refractivity contribution in [2.75, 3.05) is 6.61 Å². The van der Waals surface area contributed by atoms with Crippen molar-refractivity contribution < 1.29 is 5.11 Å². The predicted molar refractivity (Wildman–Crippen MR) is 49.0 cm³/mol. The van der Waals surface area contributed by atoms with Gasteiger partial charge in [-0.2, -0.15) is 5.10 Å². The molecule has 72 valence electrons. The fourth-order valence-corrected chi connectivity index (χ4v) is 2.01. The van der Waals surface area contributed by atoms with Crippen LogP contribution in [-0.2, 0) is 12.0 Å². The van der Waals surface area contributed by atoms with Crippen molar-refractivity contribution in [3.63, 3.8) is 0 Å². The fraction of sp³-hybridized carbons (Fsp3) is 0.667. The number of aliphatic hydroxyl groups is 1. The highest BCUT2D eigenvalue weighted by molar-refractivity contribution is 5.28. The van der Waals surface area contributed by atoms with Crippen LogP contribution in [0.15, 0.2) is 6.20 Å². The van der Waals surface area contributed by atoms with Gasteiger partial charge in [0, 0.05) is 0 Å². The second-order valence-electron chi connectivity index (χ2n) is 3.91. The van der Waals surface area contributed by atoms with E-state index >= 15 is 0 Å². The third kappa shape index (κ3) is 1.09. The number of aryl methyl sites for hydroxylation is 1. The largest absolute Gasteiger partial charge is 0.394 e. The van der Waals surface area contributed by atoms with Gasteiger partial charge in [-0.3, -0.25) is 5.10 Å². The van der Waals surface area contributed by atoms with E-state index in [1.54, 1.807) is 6.20 Å². The molecule has 0 amide bonds. The zero-order chi connectivity index (χ0) is 9.47. The maximum atomic E-state index is 9.31. The van der Waals surface area contributed by atoms with Crippen molar-refractivity contribution in [2.24, 2.45) is 11.7 Å². The van der Waals surface area contributed by atoms with Crippen LogP contribution in [0, 0.1) is 5.92 Å². The Bertz CT molecular complexity index is 310. The van der Waals surface area contributed by atoms with Gasteiger partial charge in [-0.05, 0) is 24.3 Å². The summed E-state index contributed by atoms with van der Waals surface area (Å²) in [5.74, 6) is 0.297. The molecule has 4 N–H and O–H groups in total. The highest BCUT2D eigenvalue weighted by atomic mass is 16.3. The molecule has 2 rings (SSSR count). The number of aromatic nitrogens is 2. The minimum absolute atomic E-state index is 0.0244. The third-order valence-corrected chi connectivity index (χ3v) is 3.17. The van der Waals surface area contributed by atoms with Gasteiger partial charge in [-0.25, -0.2) is 0 Å². The van der Waals surface area contributed by atoms with Gasteiger partial charge in [0.25, 0.3) is 0 Å². The standard InChI is InChI=1S/C9H15N3O/c1-6-2-3-7-4-11-12-8(7)9(6,10)5-13/h4,6,13H,2-3,5,10H2,1H3,(H,11,12). The molecular weight excluding hydrogens is 166 g/mol. The first kappa shape index (κ1) is 8.72. The molecule has 1 aliphatic carbocycles. The van der Waals surface area contributed by atoms with E-state index in [1.165, 1.54) is 0 Å². The Morgan fingerprint density at radius 1 is 1.85 bits per heavy atom. The maximum Gasteiger partial charge on any atom is 0.0840 e. The maximum absolute atomic E-state index is 9.31. The van der Waals surface area contributed by atoms with Crippen LogP contribution < -0.4 is 5.73 Å². The van der Waals surface area contributed by atoms with E-state index in [-0.39, 0.29) is 6.61 Å². The highest BCUT2D eigenvalue weighted by Gasteiger charge is 2.39. The predicted octanol–water partition coefficient (Wildman–Crippen LogP) is 0.138. The van der Waals surface area contributed by atoms with Crippen molar-refractivity contribution in [1.29, 1.82) is 0 Å². The molecule has 1 aliphatic rings. The van der Waals surface area contributed by atoms with Crippen molar-refractivity contribution in [3.8, 4) is 0 Å². The summed E-state index contributed by atoms with van der Waals surface area (Å²) in [7, 11) is 0. The summed E-state index contributed by atoms with van der Waals surface area (Å²) in [4.78, 5) is 0. The minimum Gasteiger partial charge on any atom is -0.394 e. The second-order valence-corrected chi connectivity index (χ2v) is 3.91. The first-order chi connectivity index (χ1) is 6.18. The first-order valence-corrected chi connectivity index (χ1v) is 4.61. The van der Waals surface area contributed by atoms with Crippen LogP contribution in [0.25, 0.3) is 0 Å². The van der Waals surface area contributed by atoms with Crippen LogP contribution >= 0.6 is 0 Å². The number of nitrogens with one attached hydrogen (secondary N) is 1. The Balaban J connectivity index is 2.47. The molecule has 0 bridgehead atoms. The molecule has 1 heterocycles. The van der Waals surface area contributed by atoms with Crippen molar-refractivity contribution in [2.45, 2.75) is 25.3 Å². The van der Waals surface area contributed by atoms with Crippen LogP contribution in [0.2, 0.25) is 0 Å². The summed E-state index contributed by atoms with van der Waals surface area (Å²) in [5, 5.41) is 16.2. The summed E-state index contributed by atoms with van der Waals surface area (Å²) in [6, 6.07) is 0. The van der Waals surface area contributed by atoms with E-state index in [0.29, 0.717) is 5.92 Å². The Kier molecular flexibility index (Phi) is 1.89. The molecule has 0 aliphatic heterocycles. The average Bonchev–Trinajstić information content (AvgIpc) is 2.60. The van der Waals surface area contributed by atoms with Crippen LogP contribution in [0.3, 0.4) is 0 Å². The molecule has 4 nitrogen and oxygen atoms in total. The van der Waals surface area contributed by atoms with Gasteiger partial charge >= 0.3 is 0 Å². The Morgan fingerprint density at radius 3 is 3.31 bits per heavy atom. The first-order valence-electron chi connectivity index (χ1n) is 4.61. The van der Waals surface area contributed by atoms with Crippen LogP contribution in [0.5, 0.6) is 0 Å². The van der Waals surface area contributed by atoms with E-state index in [4.69, 9.17) is 5.73 Å². The zero-order valence-corrected chi connectivity index (χ0v) is 7.75. The highest BCUT2D eigenvalue weighted by Crippen LogP contribution is 2.35. The summed E-state index contributed by atoms with van der Waals surface area (Å²) < 4.78 is 0. The lowest BCUT2D eigenvalue weighted by atomic mass is 9.74. The number of H-pyrrole nitrogens is 1. The van der Waals surface area contributed by atoms with E-state index in [0.717, 1.165) is 24.1 Å². The van der Waals surface area contributed by atoms with Gasteiger partial charge < -0.3 is 10.8 Å². The number of aliphatic hydroxyl groups excluding tert-OH is 1. The molecule has 0 saturated heterocycles. The number of nitrogens with two attached hydrogens (primary N) is 1. The Hall–Kier alpha value is -0.870. The molecular formula is C9H15N3O. The van der Waals surface area contributed by atoms with Crippen molar-refractivity contribution in [3.05, 3.63) is 17.5 Å². The summed E-state index contributed by atoms with van der Waals surface area (Å²) in [6.45, 7) is 2.04.